The molecule has 2 aromatic carbocycles. The molecule has 0 amide bonds. The summed E-state index contributed by atoms with van der Waals surface area (Å²) in [5.41, 5.74) is 0.763. The van der Waals surface area contributed by atoms with Gasteiger partial charge in [0.05, 0.1) is 29.7 Å². The number of methoxy groups -OCH3 is 1. The number of hydrogen-bond acceptors (Lipinski definition) is 6. The largest absolute Gasteiger partial charge is 0.495 e. The van der Waals surface area contributed by atoms with Crippen molar-refractivity contribution in [3.8, 4) is 5.75 Å². The molecule has 1 N–H and O–H groups in total. The third-order valence-corrected chi connectivity index (χ3v) is 7.33. The van der Waals surface area contributed by atoms with Crippen LogP contribution in [0.15, 0.2) is 47.4 Å². The molecule has 2 heterocycles. The summed E-state index contributed by atoms with van der Waals surface area (Å²) in [6, 6.07) is 11.3. The highest BCUT2D eigenvalue weighted by molar-refractivity contribution is 7.89. The Morgan fingerprint density at radius 2 is 1.87 bits per heavy atom. The topological polar surface area (TPSA) is 80.4 Å². The lowest BCUT2D eigenvalue weighted by Gasteiger charge is -2.39. The van der Waals surface area contributed by atoms with E-state index in [4.69, 9.17) is 37.4 Å². The third kappa shape index (κ3) is 4.31. The van der Waals surface area contributed by atoms with E-state index in [1.165, 1.54) is 7.11 Å². The van der Waals surface area contributed by atoms with Crippen molar-refractivity contribution in [2.45, 2.75) is 29.6 Å². The molecule has 0 bridgehead atoms. The van der Waals surface area contributed by atoms with Gasteiger partial charge in [-0.05, 0) is 37.1 Å². The molecule has 0 aliphatic carbocycles. The van der Waals surface area contributed by atoms with Gasteiger partial charge in [0, 0.05) is 17.1 Å². The lowest BCUT2D eigenvalue weighted by molar-refractivity contribution is -0.150. The number of hydrogen-bond donors (Lipinski definition) is 1. The first-order valence-electron chi connectivity index (χ1n) is 9.49. The average molecular weight is 473 g/mol. The van der Waals surface area contributed by atoms with Crippen LogP contribution in [0.3, 0.4) is 0 Å². The van der Waals surface area contributed by atoms with Crippen molar-refractivity contribution >= 4 is 33.2 Å². The second-order valence-electron chi connectivity index (χ2n) is 7.15. The zero-order valence-electron chi connectivity index (χ0n) is 16.3. The summed E-state index contributed by atoms with van der Waals surface area (Å²) < 4.78 is 42.6. The smallest absolute Gasteiger partial charge is 0.253 e. The maximum absolute atomic E-state index is 12.9. The molecule has 4 rings (SSSR count). The van der Waals surface area contributed by atoms with Crippen molar-refractivity contribution < 1.29 is 22.6 Å². The normalized spacial score (nSPS) is 24.2. The number of hydrazine groups is 1. The molecule has 0 radical (unpaired) electrons. The predicted molar refractivity (Wildman–Crippen MR) is 113 cm³/mol. The minimum atomic E-state index is -3.73. The van der Waals surface area contributed by atoms with Crippen LogP contribution in [0.1, 0.15) is 12.0 Å². The number of nitrogens with one attached hydrogen (secondary N) is 1. The van der Waals surface area contributed by atoms with E-state index < -0.39 is 15.8 Å². The van der Waals surface area contributed by atoms with Crippen molar-refractivity contribution in [1.82, 2.24) is 9.84 Å². The van der Waals surface area contributed by atoms with Gasteiger partial charge in [0.2, 0.25) is 5.79 Å². The number of benzene rings is 2. The highest BCUT2D eigenvalue weighted by Crippen LogP contribution is 2.41. The van der Waals surface area contributed by atoms with Gasteiger partial charge in [0.15, 0.2) is 0 Å². The fourth-order valence-electron chi connectivity index (χ4n) is 3.75. The SMILES string of the molecule is COc1c(Cl)ccc(Cl)c1CCC1N(NS(=O)(=O)c2ccccc2)CCOC12CO2. The summed E-state index contributed by atoms with van der Waals surface area (Å²) in [4.78, 5) is 2.90. The molecule has 2 saturated heterocycles. The van der Waals surface area contributed by atoms with E-state index in [0.29, 0.717) is 48.4 Å². The Morgan fingerprint density at radius 1 is 1.17 bits per heavy atom. The van der Waals surface area contributed by atoms with Crippen molar-refractivity contribution in [3.63, 3.8) is 0 Å². The van der Waals surface area contributed by atoms with Crippen LogP contribution >= 0.6 is 23.2 Å². The number of morpholine rings is 1. The molecule has 162 valence electrons. The molecule has 7 nitrogen and oxygen atoms in total. The number of sulfonamides is 1. The van der Waals surface area contributed by atoms with Gasteiger partial charge in [-0.25, -0.2) is 13.4 Å². The van der Waals surface area contributed by atoms with E-state index >= 15 is 0 Å². The van der Waals surface area contributed by atoms with Crippen LogP contribution in [0, 0.1) is 0 Å². The molecular formula is C20H22Cl2N2O5S. The second kappa shape index (κ2) is 8.63. The van der Waals surface area contributed by atoms with Crippen molar-refractivity contribution in [2.24, 2.45) is 0 Å². The first kappa shape index (κ1) is 21.8. The second-order valence-corrected chi connectivity index (χ2v) is 9.62. The Kier molecular flexibility index (Phi) is 6.28. The Balaban J connectivity index is 1.57. The summed E-state index contributed by atoms with van der Waals surface area (Å²) in [7, 11) is -2.19. The van der Waals surface area contributed by atoms with Gasteiger partial charge in [-0.15, -0.1) is 4.83 Å². The van der Waals surface area contributed by atoms with E-state index in [1.807, 2.05) is 0 Å². The molecule has 2 aromatic rings. The van der Waals surface area contributed by atoms with Crippen LogP contribution in [0.25, 0.3) is 0 Å². The summed E-state index contributed by atoms with van der Waals surface area (Å²) in [5.74, 6) is -0.307. The van der Waals surface area contributed by atoms with Crippen LogP contribution in [0.5, 0.6) is 5.75 Å². The maximum Gasteiger partial charge on any atom is 0.253 e. The quantitative estimate of drug-likeness (QED) is 0.622. The zero-order valence-corrected chi connectivity index (χ0v) is 18.6. The van der Waals surface area contributed by atoms with Crippen molar-refractivity contribution in [3.05, 3.63) is 58.1 Å². The van der Waals surface area contributed by atoms with Crippen molar-refractivity contribution in [1.29, 1.82) is 0 Å². The molecule has 0 saturated carbocycles. The average Bonchev–Trinajstić information content (AvgIpc) is 3.50. The molecule has 30 heavy (non-hydrogen) atoms. The molecule has 2 aliphatic heterocycles. The zero-order chi connectivity index (χ0) is 21.4. The van der Waals surface area contributed by atoms with Crippen LogP contribution in [0.4, 0.5) is 0 Å². The Bertz CT molecular complexity index is 1020. The summed E-state index contributed by atoms with van der Waals surface area (Å²) in [6.45, 7) is 1.15. The summed E-state index contributed by atoms with van der Waals surface area (Å²) in [6.07, 6.45) is 1.03. The van der Waals surface area contributed by atoms with Gasteiger partial charge in [-0.2, -0.15) is 0 Å². The number of epoxide rings is 1. The molecule has 2 unspecified atom stereocenters. The predicted octanol–water partition coefficient (Wildman–Crippen LogP) is 3.26. The Hall–Kier alpha value is -1.39. The molecule has 2 fully saturated rings. The summed E-state index contributed by atoms with van der Waals surface area (Å²) >= 11 is 12.6. The van der Waals surface area contributed by atoms with E-state index in [1.54, 1.807) is 47.5 Å². The lowest BCUT2D eigenvalue weighted by atomic mass is 9.99. The van der Waals surface area contributed by atoms with Gasteiger partial charge in [-0.1, -0.05) is 41.4 Å². The van der Waals surface area contributed by atoms with Gasteiger partial charge >= 0.3 is 0 Å². The number of rotatable bonds is 7. The van der Waals surface area contributed by atoms with E-state index in [2.05, 4.69) is 4.83 Å². The van der Waals surface area contributed by atoms with Crippen LogP contribution < -0.4 is 9.57 Å². The van der Waals surface area contributed by atoms with Gasteiger partial charge in [0.25, 0.3) is 10.0 Å². The highest BCUT2D eigenvalue weighted by atomic mass is 35.5. The number of ether oxygens (including phenoxy) is 3. The Morgan fingerprint density at radius 3 is 2.53 bits per heavy atom. The standard InChI is InChI=1S/C20H22Cl2N2O5S/c1-27-19-15(16(21)8-9-17(19)22)7-10-18-20(13-29-20)28-12-11-24(18)23-30(25,26)14-5-3-2-4-6-14/h2-6,8-9,18,23H,7,10-13H2,1H3. The minimum Gasteiger partial charge on any atom is -0.495 e. The third-order valence-electron chi connectivity index (χ3n) is 5.31. The van der Waals surface area contributed by atoms with E-state index in [-0.39, 0.29) is 10.9 Å². The Labute approximate surface area is 185 Å². The molecule has 2 aliphatic rings. The first-order valence-corrected chi connectivity index (χ1v) is 11.7. The number of nitrogens with zero attached hydrogens (tertiary/aromatic N) is 1. The monoisotopic (exact) mass is 472 g/mol. The lowest BCUT2D eigenvalue weighted by Crippen LogP contribution is -2.60. The molecule has 0 aromatic heterocycles. The minimum absolute atomic E-state index is 0.195. The van der Waals surface area contributed by atoms with Crippen LogP contribution in [0.2, 0.25) is 10.0 Å². The van der Waals surface area contributed by atoms with Crippen molar-refractivity contribution in [2.75, 3.05) is 26.9 Å². The van der Waals surface area contributed by atoms with Crippen LogP contribution in [-0.4, -0.2) is 52.1 Å². The maximum atomic E-state index is 12.9. The summed E-state index contributed by atoms with van der Waals surface area (Å²) in [5, 5.41) is 2.69. The fourth-order valence-corrected chi connectivity index (χ4v) is 5.40. The molecule has 1 spiro atoms. The number of halogens is 2. The first-order chi connectivity index (χ1) is 14.4. The molecular weight excluding hydrogens is 451 g/mol. The van der Waals surface area contributed by atoms with E-state index in [9.17, 15) is 8.42 Å². The fraction of sp³-hybridized carbons (Fsp3) is 0.400. The van der Waals surface area contributed by atoms with E-state index in [0.717, 1.165) is 5.56 Å². The van der Waals surface area contributed by atoms with Crippen LogP contribution in [-0.2, 0) is 25.9 Å². The van der Waals surface area contributed by atoms with Gasteiger partial charge in [0.1, 0.15) is 12.4 Å². The highest BCUT2D eigenvalue weighted by Gasteiger charge is 2.57. The van der Waals surface area contributed by atoms with Gasteiger partial charge < -0.3 is 14.2 Å². The van der Waals surface area contributed by atoms with Gasteiger partial charge in [-0.3, -0.25) is 0 Å². The molecule has 2 atom stereocenters. The molecule has 10 heteroatoms.